The molecule has 1 fully saturated rings. The molecule has 0 heterocycles. The maximum atomic E-state index is 12.7. The number of hydrogen-bond donors (Lipinski definition) is 1. The van der Waals surface area contributed by atoms with Gasteiger partial charge in [0.15, 0.2) is 0 Å². The van der Waals surface area contributed by atoms with Crippen LogP contribution in [0.3, 0.4) is 0 Å². The second-order valence-electron chi connectivity index (χ2n) is 5.26. The zero-order valence-electron chi connectivity index (χ0n) is 12.3. The molecule has 1 aromatic carbocycles. The molecule has 0 spiro atoms. The summed E-state index contributed by atoms with van der Waals surface area (Å²) in [5, 5.41) is 3.18. The van der Waals surface area contributed by atoms with Crippen LogP contribution in [0.25, 0.3) is 0 Å². The van der Waals surface area contributed by atoms with E-state index in [4.69, 9.17) is 0 Å². The highest BCUT2D eigenvalue weighted by molar-refractivity contribution is 7.89. The molecule has 2 rings (SSSR count). The second kappa shape index (κ2) is 6.59. The third-order valence-electron chi connectivity index (χ3n) is 3.53. The number of anilines is 1. The third kappa shape index (κ3) is 3.52. The molecule has 5 heteroatoms. The number of hydrogen-bond acceptors (Lipinski definition) is 3. The average molecular weight is 296 g/mol. The summed E-state index contributed by atoms with van der Waals surface area (Å²) in [6.45, 7) is 5.57. The molecule has 0 atom stereocenters. The van der Waals surface area contributed by atoms with Gasteiger partial charge in [-0.25, -0.2) is 8.42 Å². The van der Waals surface area contributed by atoms with Gasteiger partial charge >= 0.3 is 0 Å². The predicted molar refractivity (Wildman–Crippen MR) is 82.4 cm³/mol. The van der Waals surface area contributed by atoms with Crippen LogP contribution >= 0.6 is 0 Å². The summed E-state index contributed by atoms with van der Waals surface area (Å²) in [6.07, 6.45) is 3.93. The van der Waals surface area contributed by atoms with E-state index in [1.165, 1.54) is 0 Å². The van der Waals surface area contributed by atoms with Gasteiger partial charge in [-0.15, -0.1) is 0 Å². The lowest BCUT2D eigenvalue weighted by Crippen LogP contribution is -2.34. The molecular weight excluding hydrogens is 272 g/mol. The Morgan fingerprint density at radius 3 is 2.35 bits per heavy atom. The highest BCUT2D eigenvalue weighted by atomic mass is 32.2. The zero-order valence-corrected chi connectivity index (χ0v) is 13.1. The normalized spacial score (nSPS) is 15.6. The molecule has 20 heavy (non-hydrogen) atoms. The van der Waals surface area contributed by atoms with Gasteiger partial charge in [0.05, 0.1) is 4.90 Å². The van der Waals surface area contributed by atoms with Crippen molar-refractivity contribution in [2.45, 2.75) is 50.5 Å². The Balaban J connectivity index is 2.18. The highest BCUT2D eigenvalue weighted by Crippen LogP contribution is 2.32. The summed E-state index contributed by atoms with van der Waals surface area (Å²) in [5.74, 6) is 0. The first kappa shape index (κ1) is 15.3. The van der Waals surface area contributed by atoms with Crippen molar-refractivity contribution in [3.05, 3.63) is 24.3 Å². The molecule has 0 bridgehead atoms. The average Bonchev–Trinajstić information content (AvgIpc) is 3.24. The number of nitrogens with zero attached hydrogens (tertiary/aromatic N) is 1. The molecule has 1 aromatic rings. The second-order valence-corrected chi connectivity index (χ2v) is 7.15. The summed E-state index contributed by atoms with van der Waals surface area (Å²) >= 11 is 0. The topological polar surface area (TPSA) is 49.4 Å². The predicted octanol–water partition coefficient (Wildman–Crippen LogP) is 3.07. The van der Waals surface area contributed by atoms with Crippen molar-refractivity contribution in [1.29, 1.82) is 0 Å². The lowest BCUT2D eigenvalue weighted by molar-refractivity contribution is 0.396. The van der Waals surface area contributed by atoms with Crippen LogP contribution in [0.1, 0.15) is 39.5 Å². The maximum Gasteiger partial charge on any atom is 0.243 e. The molecule has 0 radical (unpaired) electrons. The van der Waals surface area contributed by atoms with E-state index in [2.05, 4.69) is 12.2 Å². The van der Waals surface area contributed by atoms with Crippen molar-refractivity contribution in [1.82, 2.24) is 4.31 Å². The van der Waals surface area contributed by atoms with Crippen LogP contribution in [0.4, 0.5) is 5.69 Å². The number of rotatable bonds is 8. The van der Waals surface area contributed by atoms with Crippen molar-refractivity contribution in [2.24, 2.45) is 0 Å². The van der Waals surface area contributed by atoms with Crippen LogP contribution < -0.4 is 5.32 Å². The van der Waals surface area contributed by atoms with Crippen LogP contribution in [0.15, 0.2) is 29.2 Å². The Kier molecular flexibility index (Phi) is 5.05. The van der Waals surface area contributed by atoms with E-state index in [9.17, 15) is 8.42 Å². The van der Waals surface area contributed by atoms with E-state index in [0.29, 0.717) is 11.4 Å². The van der Waals surface area contributed by atoms with E-state index in [0.717, 1.165) is 37.9 Å². The lowest BCUT2D eigenvalue weighted by atomic mass is 10.3. The summed E-state index contributed by atoms with van der Waals surface area (Å²) < 4.78 is 27.1. The quantitative estimate of drug-likeness (QED) is 0.802. The summed E-state index contributed by atoms with van der Waals surface area (Å²) in [7, 11) is -3.34. The number of benzene rings is 1. The summed E-state index contributed by atoms with van der Waals surface area (Å²) in [5.41, 5.74) is 0.956. The molecule has 0 amide bonds. The Morgan fingerprint density at radius 1 is 1.20 bits per heavy atom. The van der Waals surface area contributed by atoms with Crippen LogP contribution in [0.2, 0.25) is 0 Å². The minimum atomic E-state index is -3.34. The van der Waals surface area contributed by atoms with Gasteiger partial charge in [0, 0.05) is 24.8 Å². The molecule has 0 unspecified atom stereocenters. The van der Waals surface area contributed by atoms with Gasteiger partial charge in [0.2, 0.25) is 10.0 Å². The molecule has 1 aliphatic rings. The van der Waals surface area contributed by atoms with Gasteiger partial charge in [0.1, 0.15) is 0 Å². The Bertz CT molecular complexity index is 521. The SMILES string of the molecule is CCCCN(C1CC1)S(=O)(=O)c1ccc(NCC)cc1. The molecule has 0 aliphatic heterocycles. The van der Waals surface area contributed by atoms with E-state index < -0.39 is 10.0 Å². The van der Waals surface area contributed by atoms with Gasteiger partial charge < -0.3 is 5.32 Å². The fraction of sp³-hybridized carbons (Fsp3) is 0.600. The number of sulfonamides is 1. The summed E-state index contributed by atoms with van der Waals surface area (Å²) in [6, 6.07) is 7.30. The first-order valence-electron chi connectivity index (χ1n) is 7.45. The Hall–Kier alpha value is -1.07. The van der Waals surface area contributed by atoms with Gasteiger partial charge in [-0.05, 0) is 50.5 Å². The monoisotopic (exact) mass is 296 g/mol. The van der Waals surface area contributed by atoms with Crippen molar-refractivity contribution >= 4 is 15.7 Å². The standard InChI is InChI=1S/C15H24N2O2S/c1-3-5-12-17(14-8-9-14)20(18,19)15-10-6-13(7-11-15)16-4-2/h6-7,10-11,14,16H,3-5,8-9,12H2,1-2H3. The van der Waals surface area contributed by atoms with E-state index in [1.807, 2.05) is 19.1 Å². The molecule has 112 valence electrons. The van der Waals surface area contributed by atoms with Crippen LogP contribution in [0.5, 0.6) is 0 Å². The fourth-order valence-corrected chi connectivity index (χ4v) is 3.98. The van der Waals surface area contributed by atoms with E-state index >= 15 is 0 Å². The molecular formula is C15H24N2O2S. The van der Waals surface area contributed by atoms with Crippen molar-refractivity contribution < 1.29 is 8.42 Å². The maximum absolute atomic E-state index is 12.7. The lowest BCUT2D eigenvalue weighted by Gasteiger charge is -2.21. The highest BCUT2D eigenvalue weighted by Gasteiger charge is 2.37. The third-order valence-corrected chi connectivity index (χ3v) is 5.49. The Labute approximate surface area is 122 Å². The van der Waals surface area contributed by atoms with Crippen LogP contribution in [-0.4, -0.2) is 31.9 Å². The Morgan fingerprint density at radius 2 is 1.85 bits per heavy atom. The molecule has 0 saturated heterocycles. The largest absolute Gasteiger partial charge is 0.385 e. The van der Waals surface area contributed by atoms with E-state index in [1.54, 1.807) is 16.4 Å². The molecule has 1 N–H and O–H groups in total. The molecule has 0 aromatic heterocycles. The van der Waals surface area contributed by atoms with E-state index in [-0.39, 0.29) is 6.04 Å². The van der Waals surface area contributed by atoms with Gasteiger partial charge in [-0.2, -0.15) is 4.31 Å². The first-order chi connectivity index (χ1) is 9.59. The van der Waals surface area contributed by atoms with Gasteiger partial charge in [-0.3, -0.25) is 0 Å². The van der Waals surface area contributed by atoms with Gasteiger partial charge in [-0.1, -0.05) is 13.3 Å². The van der Waals surface area contributed by atoms with Crippen LogP contribution in [-0.2, 0) is 10.0 Å². The van der Waals surface area contributed by atoms with Crippen LogP contribution in [0, 0.1) is 0 Å². The molecule has 4 nitrogen and oxygen atoms in total. The number of nitrogens with one attached hydrogen (secondary N) is 1. The summed E-state index contributed by atoms with van der Waals surface area (Å²) in [4.78, 5) is 0.405. The van der Waals surface area contributed by atoms with Crippen molar-refractivity contribution in [3.63, 3.8) is 0 Å². The first-order valence-corrected chi connectivity index (χ1v) is 8.89. The molecule has 1 saturated carbocycles. The minimum Gasteiger partial charge on any atom is -0.385 e. The smallest absolute Gasteiger partial charge is 0.243 e. The molecule has 1 aliphatic carbocycles. The fourth-order valence-electron chi connectivity index (χ4n) is 2.26. The van der Waals surface area contributed by atoms with Gasteiger partial charge in [0.25, 0.3) is 0 Å². The van der Waals surface area contributed by atoms with Crippen molar-refractivity contribution in [2.75, 3.05) is 18.4 Å². The zero-order chi connectivity index (χ0) is 14.6. The minimum absolute atomic E-state index is 0.222. The number of unbranched alkanes of at least 4 members (excludes halogenated alkanes) is 1. The van der Waals surface area contributed by atoms with Crippen molar-refractivity contribution in [3.8, 4) is 0 Å².